The van der Waals surface area contributed by atoms with Gasteiger partial charge in [-0.3, -0.25) is 9.69 Å². The third-order valence-electron chi connectivity index (χ3n) is 4.17. The molecular weight excluding hydrogens is 364 g/mol. The van der Waals surface area contributed by atoms with Crippen LogP contribution in [0.2, 0.25) is 0 Å². The summed E-state index contributed by atoms with van der Waals surface area (Å²) in [5.41, 5.74) is 5.68. The van der Waals surface area contributed by atoms with Crippen LogP contribution >= 0.6 is 23.7 Å². The average Bonchev–Trinajstić information content (AvgIpc) is 3.26. The van der Waals surface area contributed by atoms with E-state index in [0.717, 1.165) is 30.9 Å². The zero-order chi connectivity index (χ0) is 17.1. The minimum absolute atomic E-state index is 0. The number of halogens is 1. The summed E-state index contributed by atoms with van der Waals surface area (Å²) < 4.78 is 5.13. The number of aromatic nitrogens is 3. The molecule has 1 atom stereocenters. The SMILES string of the molecule is CCc1nc(CN(C(C)=O)C2CCN(Cc3cnc(N)s3)C2)no1.Cl. The molecule has 138 valence electrons. The van der Waals surface area contributed by atoms with Gasteiger partial charge in [0, 0.05) is 50.1 Å². The van der Waals surface area contributed by atoms with Gasteiger partial charge in [0.05, 0.1) is 6.54 Å². The van der Waals surface area contributed by atoms with Gasteiger partial charge in [-0.2, -0.15) is 4.98 Å². The predicted octanol–water partition coefficient (Wildman–Crippen LogP) is 1.72. The number of aryl methyl sites for hydroxylation is 1. The van der Waals surface area contributed by atoms with Crippen molar-refractivity contribution in [3.05, 3.63) is 22.8 Å². The second-order valence-corrected chi connectivity index (χ2v) is 7.09. The Hall–Kier alpha value is -1.71. The summed E-state index contributed by atoms with van der Waals surface area (Å²) in [5.74, 6) is 1.20. The van der Waals surface area contributed by atoms with E-state index in [1.807, 2.05) is 18.0 Å². The van der Waals surface area contributed by atoms with E-state index in [4.69, 9.17) is 10.3 Å². The second-order valence-electron chi connectivity index (χ2n) is 5.95. The normalized spacial score (nSPS) is 17.4. The number of thiazole rings is 1. The van der Waals surface area contributed by atoms with E-state index in [0.29, 0.717) is 29.8 Å². The fraction of sp³-hybridized carbons (Fsp3) is 0.600. The zero-order valence-corrected chi connectivity index (χ0v) is 16.0. The summed E-state index contributed by atoms with van der Waals surface area (Å²) in [7, 11) is 0. The maximum atomic E-state index is 12.1. The van der Waals surface area contributed by atoms with E-state index in [9.17, 15) is 4.79 Å². The Morgan fingerprint density at radius 2 is 2.36 bits per heavy atom. The lowest BCUT2D eigenvalue weighted by Crippen LogP contribution is -2.40. The van der Waals surface area contributed by atoms with Crippen LogP contribution in [0.1, 0.15) is 36.9 Å². The van der Waals surface area contributed by atoms with Crippen LogP contribution in [0.25, 0.3) is 0 Å². The Morgan fingerprint density at radius 1 is 1.56 bits per heavy atom. The average molecular weight is 387 g/mol. The van der Waals surface area contributed by atoms with Crippen molar-refractivity contribution in [3.8, 4) is 0 Å². The Kier molecular flexibility index (Phi) is 6.74. The van der Waals surface area contributed by atoms with E-state index in [1.54, 1.807) is 6.92 Å². The van der Waals surface area contributed by atoms with E-state index in [-0.39, 0.29) is 24.4 Å². The maximum absolute atomic E-state index is 12.1. The van der Waals surface area contributed by atoms with Crippen molar-refractivity contribution in [2.24, 2.45) is 0 Å². The Bertz CT molecular complexity index is 706. The van der Waals surface area contributed by atoms with E-state index in [2.05, 4.69) is 20.0 Å². The lowest BCUT2D eigenvalue weighted by atomic mass is 10.2. The molecule has 0 aliphatic carbocycles. The fourth-order valence-corrected chi connectivity index (χ4v) is 3.70. The van der Waals surface area contributed by atoms with Crippen LogP contribution in [0.15, 0.2) is 10.7 Å². The number of anilines is 1. The number of hydrogen-bond acceptors (Lipinski definition) is 8. The monoisotopic (exact) mass is 386 g/mol. The third kappa shape index (κ3) is 4.90. The molecule has 3 heterocycles. The minimum atomic E-state index is 0. The highest BCUT2D eigenvalue weighted by Gasteiger charge is 2.30. The molecular formula is C15H23ClN6O2S. The predicted molar refractivity (Wildman–Crippen MR) is 97.4 cm³/mol. The lowest BCUT2D eigenvalue weighted by Gasteiger charge is -2.26. The lowest BCUT2D eigenvalue weighted by molar-refractivity contribution is -0.131. The van der Waals surface area contributed by atoms with Crippen molar-refractivity contribution in [2.75, 3.05) is 18.8 Å². The molecule has 2 N–H and O–H groups in total. The topological polar surface area (TPSA) is 101 Å². The molecule has 0 saturated carbocycles. The van der Waals surface area contributed by atoms with Crippen LogP contribution in [0.5, 0.6) is 0 Å². The van der Waals surface area contributed by atoms with Crippen LogP contribution in [0.4, 0.5) is 5.13 Å². The first-order chi connectivity index (χ1) is 11.5. The number of hydrogen-bond donors (Lipinski definition) is 1. The van der Waals surface area contributed by atoms with Crippen LogP contribution in [-0.4, -0.2) is 50.0 Å². The first-order valence-electron chi connectivity index (χ1n) is 8.06. The van der Waals surface area contributed by atoms with Crippen LogP contribution < -0.4 is 5.73 Å². The highest BCUT2D eigenvalue weighted by Crippen LogP contribution is 2.22. The van der Waals surface area contributed by atoms with Crippen molar-refractivity contribution in [2.45, 2.75) is 45.8 Å². The number of carbonyl (C=O) groups is 1. The number of nitrogens with zero attached hydrogens (tertiary/aromatic N) is 5. The quantitative estimate of drug-likeness (QED) is 0.806. The van der Waals surface area contributed by atoms with Crippen LogP contribution in [-0.2, 0) is 24.3 Å². The molecule has 1 aliphatic heterocycles. The summed E-state index contributed by atoms with van der Waals surface area (Å²) >= 11 is 1.51. The smallest absolute Gasteiger partial charge is 0.226 e. The van der Waals surface area contributed by atoms with Crippen molar-refractivity contribution >= 4 is 34.8 Å². The van der Waals surface area contributed by atoms with Crippen LogP contribution in [0.3, 0.4) is 0 Å². The van der Waals surface area contributed by atoms with Crippen LogP contribution in [0, 0.1) is 0 Å². The van der Waals surface area contributed by atoms with Gasteiger partial charge in [-0.15, -0.1) is 23.7 Å². The molecule has 1 unspecified atom stereocenters. The largest absolute Gasteiger partial charge is 0.375 e. The van der Waals surface area contributed by atoms with E-state index < -0.39 is 0 Å². The fourth-order valence-electron chi connectivity index (χ4n) is 2.97. The molecule has 2 aromatic heterocycles. The van der Waals surface area contributed by atoms with Gasteiger partial charge in [-0.05, 0) is 6.42 Å². The summed E-state index contributed by atoms with van der Waals surface area (Å²) in [5, 5.41) is 4.55. The molecule has 1 aliphatic rings. The number of rotatable bonds is 6. The van der Waals surface area contributed by atoms with Gasteiger partial charge in [0.2, 0.25) is 11.8 Å². The highest BCUT2D eigenvalue weighted by molar-refractivity contribution is 7.15. The summed E-state index contributed by atoms with van der Waals surface area (Å²) in [6.07, 6.45) is 3.45. The van der Waals surface area contributed by atoms with Crippen molar-refractivity contribution in [3.63, 3.8) is 0 Å². The zero-order valence-electron chi connectivity index (χ0n) is 14.3. The van der Waals surface area contributed by atoms with E-state index >= 15 is 0 Å². The van der Waals surface area contributed by atoms with Crippen molar-refractivity contribution < 1.29 is 9.32 Å². The Labute approximate surface area is 156 Å². The molecule has 8 nitrogen and oxygen atoms in total. The van der Waals surface area contributed by atoms with Gasteiger partial charge in [0.1, 0.15) is 0 Å². The minimum Gasteiger partial charge on any atom is -0.375 e. The molecule has 25 heavy (non-hydrogen) atoms. The second kappa shape index (κ2) is 8.59. The summed E-state index contributed by atoms with van der Waals surface area (Å²) in [4.78, 5) is 25.8. The molecule has 0 radical (unpaired) electrons. The molecule has 1 fully saturated rings. The molecule has 0 spiro atoms. The van der Waals surface area contributed by atoms with Gasteiger partial charge < -0.3 is 15.2 Å². The summed E-state index contributed by atoms with van der Waals surface area (Å²) in [6.45, 7) is 6.53. The summed E-state index contributed by atoms with van der Waals surface area (Å²) in [6, 6.07) is 0.163. The number of nitrogens with two attached hydrogens (primary N) is 1. The number of carbonyl (C=O) groups excluding carboxylic acids is 1. The van der Waals surface area contributed by atoms with Gasteiger partial charge >= 0.3 is 0 Å². The standard InChI is InChI=1S/C15H22N6O2S.ClH/c1-3-14-18-13(19-23-14)9-21(10(2)22)11-4-5-20(7-11)8-12-6-17-15(16)24-12;/h6,11H,3-5,7-9H2,1-2H3,(H2,16,17);1H. The van der Waals surface area contributed by atoms with Crippen molar-refractivity contribution in [1.29, 1.82) is 0 Å². The highest BCUT2D eigenvalue weighted by atomic mass is 35.5. The third-order valence-corrected chi connectivity index (χ3v) is 4.98. The van der Waals surface area contributed by atoms with Crippen molar-refractivity contribution in [1.82, 2.24) is 24.9 Å². The molecule has 0 bridgehead atoms. The number of amides is 1. The molecule has 3 rings (SSSR count). The van der Waals surface area contributed by atoms with Gasteiger partial charge in [0.25, 0.3) is 0 Å². The molecule has 1 saturated heterocycles. The van der Waals surface area contributed by atoms with Gasteiger partial charge in [0.15, 0.2) is 11.0 Å². The first-order valence-corrected chi connectivity index (χ1v) is 8.88. The molecule has 1 amide bonds. The van der Waals surface area contributed by atoms with E-state index in [1.165, 1.54) is 11.3 Å². The maximum Gasteiger partial charge on any atom is 0.226 e. The first kappa shape index (κ1) is 19.6. The molecule has 0 aromatic carbocycles. The number of nitrogen functional groups attached to an aromatic ring is 1. The Balaban J connectivity index is 0.00000225. The van der Waals surface area contributed by atoms with Gasteiger partial charge in [-0.1, -0.05) is 12.1 Å². The number of likely N-dealkylation sites (tertiary alicyclic amines) is 1. The Morgan fingerprint density at radius 3 is 2.96 bits per heavy atom. The molecule has 10 heteroatoms. The molecule has 2 aromatic rings. The van der Waals surface area contributed by atoms with Gasteiger partial charge in [-0.25, -0.2) is 4.98 Å².